The number of nitrogens with one attached hydrogen (secondary N) is 1. The summed E-state index contributed by atoms with van der Waals surface area (Å²) in [4.78, 5) is 24.9. The fourth-order valence-electron chi connectivity index (χ4n) is 1.55. The highest BCUT2D eigenvalue weighted by atomic mass is 16.5. The molecule has 0 fully saturated rings. The number of carboxylic acid groups (broad SMARTS) is 1. The Balaban J connectivity index is 2.38. The topological polar surface area (TPSA) is 78.9 Å². The maximum atomic E-state index is 11.9. The van der Waals surface area contributed by atoms with Gasteiger partial charge in [0.05, 0.1) is 24.3 Å². The van der Waals surface area contributed by atoms with Crippen LogP contribution in [0.1, 0.15) is 20.7 Å². The number of hydrogen-bond donors (Lipinski definition) is 2. The summed E-state index contributed by atoms with van der Waals surface area (Å²) in [6.07, 6.45) is 0. The highest BCUT2D eigenvalue weighted by molar-refractivity contribution is 6.04. The van der Waals surface area contributed by atoms with Crippen molar-refractivity contribution in [2.75, 3.05) is 40.4 Å². The van der Waals surface area contributed by atoms with Crippen LogP contribution in [0.25, 0.3) is 0 Å². The molecule has 0 spiro atoms. The number of carbonyl (C=O) groups excluding carboxylic acids is 1. The Labute approximate surface area is 118 Å². The number of carboxylic acids is 1. The van der Waals surface area contributed by atoms with Gasteiger partial charge in [-0.3, -0.25) is 4.79 Å². The third-order valence-corrected chi connectivity index (χ3v) is 2.62. The molecule has 0 atom stereocenters. The van der Waals surface area contributed by atoms with Crippen LogP contribution in [0, 0.1) is 0 Å². The first-order valence-corrected chi connectivity index (χ1v) is 6.35. The Morgan fingerprint density at radius 1 is 1.20 bits per heavy atom. The van der Waals surface area contributed by atoms with Crippen LogP contribution in [-0.4, -0.2) is 62.3 Å². The lowest BCUT2D eigenvalue weighted by Crippen LogP contribution is -2.29. The normalized spacial score (nSPS) is 10.6. The van der Waals surface area contributed by atoms with Gasteiger partial charge in [0, 0.05) is 13.1 Å². The van der Waals surface area contributed by atoms with Crippen LogP contribution >= 0.6 is 0 Å². The van der Waals surface area contributed by atoms with Gasteiger partial charge in [-0.05, 0) is 26.2 Å². The van der Waals surface area contributed by atoms with Crippen LogP contribution in [0.2, 0.25) is 0 Å². The number of nitrogens with zero attached hydrogens (tertiary/aromatic N) is 1. The van der Waals surface area contributed by atoms with E-state index in [1.165, 1.54) is 12.1 Å². The largest absolute Gasteiger partial charge is 0.478 e. The molecule has 1 aromatic carbocycles. The standard InChI is InChI=1S/C14H20N2O4/c1-16(2)8-10-20-9-7-15-13(17)11-5-3-4-6-12(11)14(18)19/h3-6H,7-10H2,1-2H3,(H,15,17)(H,18,19). The second kappa shape index (κ2) is 8.29. The number of hydrogen-bond acceptors (Lipinski definition) is 4. The monoisotopic (exact) mass is 280 g/mol. The Kier molecular flexibility index (Phi) is 6.69. The lowest BCUT2D eigenvalue weighted by Gasteiger charge is -2.10. The maximum absolute atomic E-state index is 11.9. The molecule has 0 aliphatic heterocycles. The van der Waals surface area contributed by atoms with E-state index in [-0.39, 0.29) is 11.1 Å². The van der Waals surface area contributed by atoms with E-state index >= 15 is 0 Å². The zero-order valence-electron chi connectivity index (χ0n) is 11.8. The smallest absolute Gasteiger partial charge is 0.336 e. The van der Waals surface area contributed by atoms with Crippen molar-refractivity contribution in [1.29, 1.82) is 0 Å². The molecule has 0 aromatic heterocycles. The third kappa shape index (κ3) is 5.38. The van der Waals surface area contributed by atoms with Crippen molar-refractivity contribution in [2.45, 2.75) is 0 Å². The van der Waals surface area contributed by atoms with Crippen LogP contribution < -0.4 is 5.32 Å². The van der Waals surface area contributed by atoms with Gasteiger partial charge in [0.2, 0.25) is 0 Å². The molecule has 20 heavy (non-hydrogen) atoms. The van der Waals surface area contributed by atoms with Crippen LogP contribution in [0.3, 0.4) is 0 Å². The molecule has 0 heterocycles. The summed E-state index contributed by atoms with van der Waals surface area (Å²) in [6, 6.07) is 6.12. The van der Waals surface area contributed by atoms with Gasteiger partial charge in [-0.1, -0.05) is 12.1 Å². The molecule has 0 unspecified atom stereocenters. The first-order chi connectivity index (χ1) is 9.52. The van der Waals surface area contributed by atoms with Gasteiger partial charge in [-0.2, -0.15) is 0 Å². The van der Waals surface area contributed by atoms with Crippen LogP contribution in [0.4, 0.5) is 0 Å². The van der Waals surface area contributed by atoms with E-state index in [1.807, 2.05) is 19.0 Å². The Hall–Kier alpha value is -1.92. The van der Waals surface area contributed by atoms with E-state index in [0.29, 0.717) is 19.8 Å². The zero-order valence-corrected chi connectivity index (χ0v) is 11.8. The predicted octanol–water partition coefficient (Wildman–Crippen LogP) is 0.693. The first-order valence-electron chi connectivity index (χ1n) is 6.35. The lowest BCUT2D eigenvalue weighted by molar-refractivity contribution is 0.0690. The molecule has 6 nitrogen and oxygen atoms in total. The molecule has 1 rings (SSSR count). The number of rotatable bonds is 8. The average molecular weight is 280 g/mol. The van der Waals surface area contributed by atoms with Crippen LogP contribution in [0.15, 0.2) is 24.3 Å². The molecule has 0 aliphatic carbocycles. The van der Waals surface area contributed by atoms with E-state index in [4.69, 9.17) is 9.84 Å². The van der Waals surface area contributed by atoms with Crippen molar-refractivity contribution >= 4 is 11.9 Å². The van der Waals surface area contributed by atoms with Gasteiger partial charge >= 0.3 is 5.97 Å². The molecular formula is C14H20N2O4. The maximum Gasteiger partial charge on any atom is 0.336 e. The number of ether oxygens (including phenoxy) is 1. The molecule has 110 valence electrons. The summed E-state index contributed by atoms with van der Waals surface area (Å²) in [5.41, 5.74) is 0.159. The van der Waals surface area contributed by atoms with Crippen molar-refractivity contribution in [3.63, 3.8) is 0 Å². The molecule has 0 radical (unpaired) electrons. The molecule has 0 saturated heterocycles. The second-order valence-corrected chi connectivity index (χ2v) is 4.52. The molecule has 0 saturated carbocycles. The highest BCUT2D eigenvalue weighted by Gasteiger charge is 2.14. The highest BCUT2D eigenvalue weighted by Crippen LogP contribution is 2.08. The van der Waals surface area contributed by atoms with Crippen molar-refractivity contribution in [1.82, 2.24) is 10.2 Å². The van der Waals surface area contributed by atoms with Gasteiger partial charge in [0.1, 0.15) is 0 Å². The van der Waals surface area contributed by atoms with Crippen LogP contribution in [-0.2, 0) is 4.74 Å². The minimum atomic E-state index is -1.11. The van der Waals surface area contributed by atoms with Crippen molar-refractivity contribution in [2.24, 2.45) is 0 Å². The fourth-order valence-corrected chi connectivity index (χ4v) is 1.55. The second-order valence-electron chi connectivity index (χ2n) is 4.52. The van der Waals surface area contributed by atoms with Crippen molar-refractivity contribution in [3.8, 4) is 0 Å². The summed E-state index contributed by atoms with van der Waals surface area (Å²) >= 11 is 0. The summed E-state index contributed by atoms with van der Waals surface area (Å²) in [5, 5.41) is 11.6. The van der Waals surface area contributed by atoms with E-state index in [1.54, 1.807) is 12.1 Å². The minimum absolute atomic E-state index is 0.00136. The average Bonchev–Trinajstić information content (AvgIpc) is 2.42. The van der Waals surface area contributed by atoms with Crippen molar-refractivity contribution < 1.29 is 19.4 Å². The van der Waals surface area contributed by atoms with Gasteiger partial charge < -0.3 is 20.1 Å². The number of aromatic carboxylic acids is 1. The quantitative estimate of drug-likeness (QED) is 0.685. The van der Waals surface area contributed by atoms with E-state index < -0.39 is 11.9 Å². The number of benzene rings is 1. The molecule has 0 bridgehead atoms. The van der Waals surface area contributed by atoms with E-state index in [0.717, 1.165) is 6.54 Å². The Morgan fingerprint density at radius 2 is 1.85 bits per heavy atom. The van der Waals surface area contributed by atoms with E-state index in [9.17, 15) is 9.59 Å². The van der Waals surface area contributed by atoms with Crippen molar-refractivity contribution in [3.05, 3.63) is 35.4 Å². The Morgan fingerprint density at radius 3 is 2.45 bits per heavy atom. The summed E-state index contributed by atoms with van der Waals surface area (Å²) < 4.78 is 5.34. The molecule has 1 aromatic rings. The van der Waals surface area contributed by atoms with Crippen LogP contribution in [0.5, 0.6) is 0 Å². The number of amides is 1. The first kappa shape index (κ1) is 16.1. The summed E-state index contributed by atoms with van der Waals surface area (Å²) in [5.74, 6) is -1.52. The predicted molar refractivity (Wildman–Crippen MR) is 75.1 cm³/mol. The third-order valence-electron chi connectivity index (χ3n) is 2.62. The molecule has 6 heteroatoms. The number of likely N-dealkylation sites (N-methyl/N-ethyl adjacent to an activating group) is 1. The summed E-state index contributed by atoms with van der Waals surface area (Å²) in [7, 11) is 3.90. The van der Waals surface area contributed by atoms with Gasteiger partial charge in [0.25, 0.3) is 5.91 Å². The van der Waals surface area contributed by atoms with Gasteiger partial charge in [0.15, 0.2) is 0 Å². The minimum Gasteiger partial charge on any atom is -0.478 e. The van der Waals surface area contributed by atoms with Gasteiger partial charge in [-0.25, -0.2) is 4.79 Å². The zero-order chi connectivity index (χ0) is 15.0. The molecule has 0 aliphatic rings. The lowest BCUT2D eigenvalue weighted by atomic mass is 10.1. The fraction of sp³-hybridized carbons (Fsp3) is 0.429. The molecule has 1 amide bonds. The van der Waals surface area contributed by atoms with Gasteiger partial charge in [-0.15, -0.1) is 0 Å². The molecule has 2 N–H and O–H groups in total. The Bertz CT molecular complexity index is 460. The summed E-state index contributed by atoms with van der Waals surface area (Å²) in [6.45, 7) is 2.15. The SMILES string of the molecule is CN(C)CCOCCNC(=O)c1ccccc1C(=O)O. The molecular weight excluding hydrogens is 260 g/mol. The number of carbonyl (C=O) groups is 2. The van der Waals surface area contributed by atoms with E-state index in [2.05, 4.69) is 5.32 Å².